The highest BCUT2D eigenvalue weighted by molar-refractivity contribution is 5.76. The SMILES string of the molecule is COc1ccnc2[nH][c]nc12. The maximum atomic E-state index is 5.04. The maximum Gasteiger partial charge on any atom is 0.176 e. The molecule has 55 valence electrons. The number of hydrogen-bond acceptors (Lipinski definition) is 3. The van der Waals surface area contributed by atoms with Gasteiger partial charge in [-0.15, -0.1) is 0 Å². The first kappa shape index (κ1) is 6.15. The number of rotatable bonds is 1. The number of methoxy groups -OCH3 is 1. The van der Waals surface area contributed by atoms with Crippen LogP contribution in [0.3, 0.4) is 0 Å². The largest absolute Gasteiger partial charge is 0.494 e. The molecule has 11 heavy (non-hydrogen) atoms. The van der Waals surface area contributed by atoms with Gasteiger partial charge in [-0.05, 0) is 0 Å². The van der Waals surface area contributed by atoms with E-state index in [2.05, 4.69) is 21.3 Å². The molecule has 0 unspecified atom stereocenters. The van der Waals surface area contributed by atoms with Gasteiger partial charge in [0.05, 0.1) is 7.11 Å². The summed E-state index contributed by atoms with van der Waals surface area (Å²) < 4.78 is 5.04. The lowest BCUT2D eigenvalue weighted by Crippen LogP contribution is -1.85. The van der Waals surface area contributed by atoms with Crippen molar-refractivity contribution in [3.63, 3.8) is 0 Å². The highest BCUT2D eigenvalue weighted by Crippen LogP contribution is 2.18. The van der Waals surface area contributed by atoms with E-state index in [0.717, 1.165) is 5.52 Å². The number of pyridine rings is 1. The molecule has 2 aromatic rings. The van der Waals surface area contributed by atoms with E-state index in [1.54, 1.807) is 19.4 Å². The molecule has 0 aliphatic heterocycles. The molecular weight excluding hydrogens is 142 g/mol. The zero-order valence-corrected chi connectivity index (χ0v) is 5.96. The van der Waals surface area contributed by atoms with E-state index in [4.69, 9.17) is 4.74 Å². The summed E-state index contributed by atoms with van der Waals surface area (Å²) in [5.41, 5.74) is 1.42. The second-order valence-corrected chi connectivity index (χ2v) is 2.06. The third-order valence-corrected chi connectivity index (χ3v) is 1.45. The minimum Gasteiger partial charge on any atom is -0.494 e. The zero-order chi connectivity index (χ0) is 7.68. The minimum atomic E-state index is 0.698. The highest BCUT2D eigenvalue weighted by atomic mass is 16.5. The molecule has 1 N–H and O–H groups in total. The number of fused-ring (bicyclic) bond motifs is 1. The van der Waals surface area contributed by atoms with Crippen LogP contribution in [0.2, 0.25) is 0 Å². The number of ether oxygens (including phenoxy) is 1. The van der Waals surface area contributed by atoms with Crippen molar-refractivity contribution in [2.75, 3.05) is 7.11 Å². The number of H-pyrrole nitrogens is 1. The van der Waals surface area contributed by atoms with Gasteiger partial charge in [-0.3, -0.25) is 0 Å². The molecule has 0 atom stereocenters. The van der Waals surface area contributed by atoms with Crippen molar-refractivity contribution in [2.45, 2.75) is 0 Å². The summed E-state index contributed by atoms with van der Waals surface area (Å²) >= 11 is 0. The van der Waals surface area contributed by atoms with Crippen LogP contribution in [0.5, 0.6) is 5.75 Å². The second-order valence-electron chi connectivity index (χ2n) is 2.06. The number of hydrogen-bond donors (Lipinski definition) is 1. The predicted molar refractivity (Wildman–Crippen MR) is 39.3 cm³/mol. The monoisotopic (exact) mass is 148 g/mol. The molecule has 0 saturated carbocycles. The Morgan fingerprint density at radius 1 is 1.64 bits per heavy atom. The standard InChI is InChI=1S/C7H6N3O/c1-11-5-2-3-8-7-6(5)9-4-10-7/h2-3H,1H3,(H,8,9,10). The van der Waals surface area contributed by atoms with Crippen LogP contribution >= 0.6 is 0 Å². The molecule has 0 aliphatic carbocycles. The van der Waals surface area contributed by atoms with E-state index in [-0.39, 0.29) is 0 Å². The highest BCUT2D eigenvalue weighted by Gasteiger charge is 2.02. The molecule has 0 fully saturated rings. The number of imidazole rings is 1. The molecular formula is C7H6N3O. The predicted octanol–water partition coefficient (Wildman–Crippen LogP) is 0.767. The van der Waals surface area contributed by atoms with E-state index < -0.39 is 0 Å². The molecule has 2 rings (SSSR count). The van der Waals surface area contributed by atoms with E-state index >= 15 is 0 Å². The normalized spacial score (nSPS) is 10.3. The molecule has 4 heteroatoms. The van der Waals surface area contributed by atoms with E-state index in [1.807, 2.05) is 0 Å². The summed E-state index contributed by atoms with van der Waals surface area (Å²) in [7, 11) is 1.60. The summed E-state index contributed by atoms with van der Waals surface area (Å²) in [4.78, 5) is 10.7. The van der Waals surface area contributed by atoms with Crippen LogP contribution in [0.15, 0.2) is 12.3 Å². The Bertz CT molecular complexity index is 368. The molecule has 4 nitrogen and oxygen atoms in total. The van der Waals surface area contributed by atoms with Crippen LogP contribution in [0.4, 0.5) is 0 Å². The fraction of sp³-hybridized carbons (Fsp3) is 0.143. The molecule has 1 radical (unpaired) electrons. The lowest BCUT2D eigenvalue weighted by Gasteiger charge is -1.97. The Labute approximate surface area is 63.2 Å². The Morgan fingerprint density at radius 2 is 2.55 bits per heavy atom. The molecule has 0 spiro atoms. The molecule has 0 bridgehead atoms. The van der Waals surface area contributed by atoms with Crippen LogP contribution in [0.1, 0.15) is 0 Å². The number of aromatic amines is 1. The van der Waals surface area contributed by atoms with E-state index in [1.165, 1.54) is 0 Å². The Kier molecular flexibility index (Phi) is 1.25. The van der Waals surface area contributed by atoms with Gasteiger partial charge in [0, 0.05) is 12.3 Å². The fourth-order valence-electron chi connectivity index (χ4n) is 0.937. The van der Waals surface area contributed by atoms with Gasteiger partial charge < -0.3 is 9.72 Å². The van der Waals surface area contributed by atoms with Gasteiger partial charge in [0.15, 0.2) is 17.5 Å². The minimum absolute atomic E-state index is 0.698. The number of nitrogens with zero attached hydrogens (tertiary/aromatic N) is 2. The third-order valence-electron chi connectivity index (χ3n) is 1.45. The van der Waals surface area contributed by atoms with Gasteiger partial charge in [-0.25, -0.2) is 9.97 Å². The molecule has 0 aliphatic rings. The van der Waals surface area contributed by atoms with Crippen molar-refractivity contribution in [3.8, 4) is 5.75 Å². The summed E-state index contributed by atoms with van der Waals surface area (Å²) in [5.74, 6) is 0.715. The van der Waals surface area contributed by atoms with Gasteiger partial charge in [-0.1, -0.05) is 0 Å². The number of nitrogens with one attached hydrogen (secondary N) is 1. The average molecular weight is 148 g/mol. The maximum absolute atomic E-state index is 5.04. The molecule has 0 aromatic carbocycles. The fourth-order valence-corrected chi connectivity index (χ4v) is 0.937. The van der Waals surface area contributed by atoms with Gasteiger partial charge in [-0.2, -0.15) is 0 Å². The van der Waals surface area contributed by atoms with Crippen LogP contribution in [-0.2, 0) is 0 Å². The van der Waals surface area contributed by atoms with Crippen molar-refractivity contribution >= 4 is 11.2 Å². The van der Waals surface area contributed by atoms with Crippen molar-refractivity contribution in [1.29, 1.82) is 0 Å². The van der Waals surface area contributed by atoms with E-state index in [9.17, 15) is 0 Å². The van der Waals surface area contributed by atoms with Gasteiger partial charge >= 0.3 is 0 Å². The lowest BCUT2D eigenvalue weighted by atomic mass is 10.4. The second kappa shape index (κ2) is 2.23. The first-order valence-electron chi connectivity index (χ1n) is 3.16. The summed E-state index contributed by atoms with van der Waals surface area (Å²) in [6.45, 7) is 0. The summed E-state index contributed by atoms with van der Waals surface area (Å²) in [6, 6.07) is 1.76. The van der Waals surface area contributed by atoms with Crippen LogP contribution in [-0.4, -0.2) is 22.1 Å². The molecule has 0 saturated heterocycles. The van der Waals surface area contributed by atoms with Crippen LogP contribution in [0.25, 0.3) is 11.2 Å². The van der Waals surface area contributed by atoms with Crippen molar-refractivity contribution in [1.82, 2.24) is 15.0 Å². The Morgan fingerprint density at radius 3 is 3.36 bits per heavy atom. The van der Waals surface area contributed by atoms with Gasteiger partial charge in [0.25, 0.3) is 0 Å². The molecule has 0 amide bonds. The van der Waals surface area contributed by atoms with Crippen LogP contribution in [0, 0.1) is 6.33 Å². The van der Waals surface area contributed by atoms with Crippen molar-refractivity contribution in [3.05, 3.63) is 18.6 Å². The smallest absolute Gasteiger partial charge is 0.176 e. The van der Waals surface area contributed by atoms with Gasteiger partial charge in [0.1, 0.15) is 5.75 Å². The molecule has 2 heterocycles. The zero-order valence-electron chi connectivity index (χ0n) is 5.96. The lowest BCUT2D eigenvalue weighted by molar-refractivity contribution is 0.418. The van der Waals surface area contributed by atoms with Crippen molar-refractivity contribution in [2.24, 2.45) is 0 Å². The molecule has 2 aromatic heterocycles. The Balaban J connectivity index is 2.79. The van der Waals surface area contributed by atoms with Gasteiger partial charge in [0.2, 0.25) is 0 Å². The summed E-state index contributed by atoms with van der Waals surface area (Å²) in [5, 5.41) is 0. The van der Waals surface area contributed by atoms with Crippen LogP contribution < -0.4 is 4.74 Å². The van der Waals surface area contributed by atoms with E-state index in [0.29, 0.717) is 11.4 Å². The summed E-state index contributed by atoms with van der Waals surface area (Å²) in [6.07, 6.45) is 4.25. The first-order valence-corrected chi connectivity index (χ1v) is 3.16. The Hall–Kier alpha value is -1.58. The third kappa shape index (κ3) is 0.832. The quantitative estimate of drug-likeness (QED) is 0.649. The van der Waals surface area contributed by atoms with Crippen molar-refractivity contribution < 1.29 is 4.74 Å². The first-order chi connectivity index (χ1) is 5.42. The topological polar surface area (TPSA) is 50.8 Å². The average Bonchev–Trinajstić information content (AvgIpc) is 2.50. The number of aromatic nitrogens is 3.